The fraction of sp³-hybridized carbons (Fsp3) is 0.500. The van der Waals surface area contributed by atoms with Crippen LogP contribution in [-0.4, -0.2) is 72.6 Å². The van der Waals surface area contributed by atoms with E-state index in [0.717, 1.165) is 50.7 Å². The van der Waals surface area contributed by atoms with E-state index >= 15 is 0 Å². The molecule has 2 aliphatic rings. The summed E-state index contributed by atoms with van der Waals surface area (Å²) in [5, 5.41) is 0. The SMILES string of the molecule is COc1ccc(CN2C[C@@H]3N(c4ncccn4)CCC[C@]3(C(=O)N(C)C)C2)cc1. The van der Waals surface area contributed by atoms with Crippen molar-refractivity contribution in [1.82, 2.24) is 19.8 Å². The lowest BCUT2D eigenvalue weighted by Crippen LogP contribution is -2.58. The van der Waals surface area contributed by atoms with Crippen molar-refractivity contribution in [3.63, 3.8) is 0 Å². The third kappa shape index (κ3) is 3.67. The van der Waals surface area contributed by atoms with E-state index in [-0.39, 0.29) is 11.9 Å². The van der Waals surface area contributed by atoms with Crippen LogP contribution in [0.4, 0.5) is 5.95 Å². The lowest BCUT2D eigenvalue weighted by molar-refractivity contribution is -0.140. The minimum Gasteiger partial charge on any atom is -0.497 e. The van der Waals surface area contributed by atoms with Gasteiger partial charge in [0.15, 0.2) is 0 Å². The summed E-state index contributed by atoms with van der Waals surface area (Å²) in [6.07, 6.45) is 5.41. The maximum atomic E-state index is 13.4. The number of aromatic nitrogens is 2. The molecule has 0 aliphatic carbocycles. The maximum absolute atomic E-state index is 13.4. The quantitative estimate of drug-likeness (QED) is 0.772. The molecule has 154 valence electrons. The van der Waals surface area contributed by atoms with Gasteiger partial charge in [-0.1, -0.05) is 12.1 Å². The Balaban J connectivity index is 1.62. The second-order valence-electron chi connectivity index (χ2n) is 8.23. The van der Waals surface area contributed by atoms with Crippen molar-refractivity contribution < 1.29 is 9.53 Å². The Hall–Kier alpha value is -2.67. The van der Waals surface area contributed by atoms with Gasteiger partial charge in [-0.2, -0.15) is 0 Å². The Kier molecular flexibility index (Phi) is 5.41. The Labute approximate surface area is 172 Å². The zero-order valence-electron chi connectivity index (χ0n) is 17.4. The lowest BCUT2D eigenvalue weighted by atomic mass is 9.74. The van der Waals surface area contributed by atoms with Crippen LogP contribution in [0.2, 0.25) is 0 Å². The van der Waals surface area contributed by atoms with Crippen molar-refractivity contribution >= 4 is 11.9 Å². The van der Waals surface area contributed by atoms with Crippen LogP contribution in [0.25, 0.3) is 0 Å². The summed E-state index contributed by atoms with van der Waals surface area (Å²) in [6, 6.07) is 10.1. The number of fused-ring (bicyclic) bond motifs is 1. The molecule has 1 aromatic carbocycles. The topological polar surface area (TPSA) is 61.8 Å². The molecule has 0 N–H and O–H groups in total. The first-order chi connectivity index (χ1) is 14.0. The fourth-order valence-corrected chi connectivity index (χ4v) is 4.90. The van der Waals surface area contributed by atoms with Crippen molar-refractivity contribution in [3.05, 3.63) is 48.3 Å². The first kappa shape index (κ1) is 19.6. The van der Waals surface area contributed by atoms with E-state index in [1.165, 1.54) is 5.56 Å². The number of likely N-dealkylation sites (tertiary alicyclic amines) is 1. The van der Waals surface area contributed by atoms with E-state index in [2.05, 4.69) is 31.9 Å². The first-order valence-electron chi connectivity index (χ1n) is 10.1. The molecule has 2 fully saturated rings. The Bertz CT molecular complexity index is 842. The van der Waals surface area contributed by atoms with E-state index in [9.17, 15) is 4.79 Å². The van der Waals surface area contributed by atoms with Crippen molar-refractivity contribution in [2.75, 3.05) is 45.7 Å². The molecule has 3 heterocycles. The lowest BCUT2D eigenvalue weighted by Gasteiger charge is -2.45. The molecule has 0 saturated carbocycles. The van der Waals surface area contributed by atoms with E-state index in [1.54, 1.807) is 24.4 Å². The number of methoxy groups -OCH3 is 1. The van der Waals surface area contributed by atoms with Crippen molar-refractivity contribution in [2.24, 2.45) is 5.41 Å². The molecule has 0 bridgehead atoms. The van der Waals surface area contributed by atoms with Crippen LogP contribution in [0.5, 0.6) is 5.75 Å². The van der Waals surface area contributed by atoms with Crippen LogP contribution in [0, 0.1) is 5.41 Å². The number of piperidine rings is 1. The minimum absolute atomic E-state index is 0.0757. The predicted molar refractivity (Wildman–Crippen MR) is 112 cm³/mol. The van der Waals surface area contributed by atoms with Gasteiger partial charge in [0.25, 0.3) is 0 Å². The summed E-state index contributed by atoms with van der Waals surface area (Å²) in [5.41, 5.74) is 0.798. The molecule has 7 heteroatoms. The van der Waals surface area contributed by atoms with Crippen molar-refractivity contribution in [3.8, 4) is 5.75 Å². The number of amides is 1. The summed E-state index contributed by atoms with van der Waals surface area (Å²) in [4.78, 5) is 28.7. The fourth-order valence-electron chi connectivity index (χ4n) is 4.90. The zero-order valence-corrected chi connectivity index (χ0v) is 17.4. The highest BCUT2D eigenvalue weighted by atomic mass is 16.5. The number of hydrogen-bond acceptors (Lipinski definition) is 6. The van der Waals surface area contributed by atoms with Gasteiger partial charge in [0.1, 0.15) is 5.75 Å². The predicted octanol–water partition coefficient (Wildman–Crippen LogP) is 2.04. The second kappa shape index (κ2) is 7.99. The summed E-state index contributed by atoms with van der Waals surface area (Å²) in [7, 11) is 5.40. The number of anilines is 1. The zero-order chi connectivity index (χ0) is 20.4. The number of hydrogen-bond donors (Lipinski definition) is 0. The second-order valence-corrected chi connectivity index (χ2v) is 8.23. The van der Waals surface area contributed by atoms with E-state index < -0.39 is 5.41 Å². The number of carbonyl (C=O) groups is 1. The van der Waals surface area contributed by atoms with Gasteiger partial charge in [-0.25, -0.2) is 9.97 Å². The third-order valence-corrected chi connectivity index (χ3v) is 6.18. The van der Waals surface area contributed by atoms with Crippen LogP contribution in [0.3, 0.4) is 0 Å². The molecule has 7 nitrogen and oxygen atoms in total. The molecule has 2 saturated heterocycles. The van der Waals surface area contributed by atoms with Gasteiger partial charge >= 0.3 is 0 Å². The minimum atomic E-state index is -0.423. The Morgan fingerprint density at radius 3 is 2.62 bits per heavy atom. The molecule has 2 aromatic rings. The number of benzene rings is 1. The maximum Gasteiger partial charge on any atom is 0.231 e. The summed E-state index contributed by atoms with van der Waals surface area (Å²) in [6.45, 7) is 3.27. The van der Waals surface area contributed by atoms with Gasteiger partial charge < -0.3 is 14.5 Å². The largest absolute Gasteiger partial charge is 0.497 e. The molecule has 29 heavy (non-hydrogen) atoms. The van der Waals surface area contributed by atoms with Gasteiger partial charge in [-0.05, 0) is 36.6 Å². The van der Waals surface area contributed by atoms with Crippen LogP contribution < -0.4 is 9.64 Å². The molecule has 1 amide bonds. The van der Waals surface area contributed by atoms with Gasteiger partial charge in [0, 0.05) is 52.7 Å². The molecule has 2 atom stereocenters. The van der Waals surface area contributed by atoms with E-state index in [0.29, 0.717) is 0 Å². The van der Waals surface area contributed by atoms with Gasteiger partial charge in [0.05, 0.1) is 18.6 Å². The number of ether oxygens (including phenoxy) is 1. The standard InChI is InChI=1S/C22H29N5O2/c1-25(2)20(28)22-10-4-13-27(21-23-11-5-12-24-21)19(22)15-26(16-22)14-17-6-8-18(29-3)9-7-17/h5-9,11-12,19H,4,10,13-16H2,1-3H3/t19-,22-/m0/s1. The molecule has 1 aromatic heterocycles. The highest BCUT2D eigenvalue weighted by Crippen LogP contribution is 2.44. The normalized spacial score (nSPS) is 24.2. The summed E-state index contributed by atoms with van der Waals surface area (Å²) >= 11 is 0. The van der Waals surface area contributed by atoms with Gasteiger partial charge in [0.2, 0.25) is 11.9 Å². The highest BCUT2D eigenvalue weighted by Gasteiger charge is 2.56. The number of nitrogens with zero attached hydrogens (tertiary/aromatic N) is 5. The molecule has 2 aliphatic heterocycles. The summed E-state index contributed by atoms with van der Waals surface area (Å²) < 4.78 is 5.27. The van der Waals surface area contributed by atoms with Crippen LogP contribution >= 0.6 is 0 Å². The van der Waals surface area contributed by atoms with E-state index in [1.807, 2.05) is 32.3 Å². The molecular formula is C22H29N5O2. The summed E-state index contributed by atoms with van der Waals surface area (Å²) in [5.74, 6) is 1.79. The van der Waals surface area contributed by atoms with Gasteiger partial charge in [-0.3, -0.25) is 9.69 Å². The Morgan fingerprint density at radius 2 is 1.97 bits per heavy atom. The van der Waals surface area contributed by atoms with Crippen LogP contribution in [0.15, 0.2) is 42.7 Å². The third-order valence-electron chi connectivity index (χ3n) is 6.18. The number of carbonyl (C=O) groups excluding carboxylic acids is 1. The highest BCUT2D eigenvalue weighted by molar-refractivity contribution is 5.85. The van der Waals surface area contributed by atoms with E-state index in [4.69, 9.17) is 4.74 Å². The van der Waals surface area contributed by atoms with Crippen molar-refractivity contribution in [2.45, 2.75) is 25.4 Å². The van der Waals surface area contributed by atoms with Crippen LogP contribution in [0.1, 0.15) is 18.4 Å². The molecule has 4 rings (SSSR count). The molecule has 0 spiro atoms. The Morgan fingerprint density at radius 1 is 1.24 bits per heavy atom. The average molecular weight is 396 g/mol. The molecule has 0 unspecified atom stereocenters. The van der Waals surface area contributed by atoms with Gasteiger partial charge in [-0.15, -0.1) is 0 Å². The van der Waals surface area contributed by atoms with Crippen molar-refractivity contribution in [1.29, 1.82) is 0 Å². The van der Waals surface area contributed by atoms with Crippen LogP contribution in [-0.2, 0) is 11.3 Å². The number of rotatable bonds is 5. The average Bonchev–Trinajstić information content (AvgIpc) is 3.13. The molecular weight excluding hydrogens is 366 g/mol. The first-order valence-corrected chi connectivity index (χ1v) is 10.1. The molecule has 0 radical (unpaired) electrons. The smallest absolute Gasteiger partial charge is 0.231 e. The monoisotopic (exact) mass is 395 g/mol.